The van der Waals surface area contributed by atoms with Crippen LogP contribution in [-0.4, -0.2) is 39.5 Å². The summed E-state index contributed by atoms with van der Waals surface area (Å²) in [6.45, 7) is 5.56. The van der Waals surface area contributed by atoms with Crippen LogP contribution >= 0.6 is 0 Å². The molecule has 3 rings (SSSR count). The summed E-state index contributed by atoms with van der Waals surface area (Å²) in [5.74, 6) is 0.755. The van der Waals surface area contributed by atoms with Crippen molar-refractivity contribution in [1.29, 1.82) is 0 Å². The average molecular weight is 284 g/mol. The van der Waals surface area contributed by atoms with Crippen molar-refractivity contribution < 1.29 is 4.74 Å². The normalized spacial score (nSPS) is 15.3. The number of rotatable bonds is 4. The Labute approximate surface area is 125 Å². The van der Waals surface area contributed by atoms with E-state index in [4.69, 9.17) is 4.74 Å². The lowest BCUT2D eigenvalue weighted by molar-refractivity contribution is 0.277. The number of fused-ring (bicyclic) bond motifs is 1. The second-order valence-electron chi connectivity index (χ2n) is 5.17. The first kappa shape index (κ1) is 13.9. The maximum Gasteiger partial charge on any atom is 0.219 e. The van der Waals surface area contributed by atoms with Crippen LogP contribution in [-0.2, 0) is 19.4 Å². The Morgan fingerprint density at radius 2 is 2.14 bits per heavy atom. The van der Waals surface area contributed by atoms with Crippen LogP contribution in [0, 0.1) is 0 Å². The number of nitrogens with zero attached hydrogens (tertiary/aromatic N) is 4. The van der Waals surface area contributed by atoms with Gasteiger partial charge in [-0.3, -0.25) is 9.88 Å². The Kier molecular flexibility index (Phi) is 4.40. The Bertz CT molecular complexity index is 588. The number of ether oxygens (including phenoxy) is 1. The molecule has 0 amide bonds. The fourth-order valence-electron chi connectivity index (χ4n) is 2.71. The highest BCUT2D eigenvalue weighted by Gasteiger charge is 2.19. The quantitative estimate of drug-likeness (QED) is 0.858. The summed E-state index contributed by atoms with van der Waals surface area (Å²) >= 11 is 0. The van der Waals surface area contributed by atoms with E-state index >= 15 is 0 Å². The Morgan fingerprint density at radius 3 is 2.95 bits per heavy atom. The third kappa shape index (κ3) is 3.36. The Balaban J connectivity index is 1.72. The average Bonchev–Trinajstić information content (AvgIpc) is 2.72. The molecule has 0 N–H and O–H groups in total. The van der Waals surface area contributed by atoms with Gasteiger partial charge in [0.1, 0.15) is 6.33 Å². The van der Waals surface area contributed by atoms with Crippen molar-refractivity contribution >= 4 is 0 Å². The van der Waals surface area contributed by atoms with E-state index in [2.05, 4.69) is 25.9 Å². The molecule has 1 aliphatic heterocycles. The second kappa shape index (κ2) is 6.63. The third-order valence-corrected chi connectivity index (χ3v) is 3.75. The van der Waals surface area contributed by atoms with Gasteiger partial charge in [-0.2, -0.15) is 0 Å². The zero-order valence-corrected chi connectivity index (χ0v) is 12.3. The molecule has 0 spiro atoms. The highest BCUT2D eigenvalue weighted by Crippen LogP contribution is 2.22. The van der Waals surface area contributed by atoms with Crippen molar-refractivity contribution in [2.75, 3.05) is 19.7 Å². The molecule has 1 aliphatic rings. The van der Waals surface area contributed by atoms with Gasteiger partial charge in [-0.05, 0) is 25.0 Å². The minimum absolute atomic E-state index is 0.642. The molecule has 5 nitrogen and oxygen atoms in total. The first-order valence-electron chi connectivity index (χ1n) is 7.43. The maximum atomic E-state index is 5.63. The number of hydrogen-bond acceptors (Lipinski definition) is 5. The van der Waals surface area contributed by atoms with Crippen LogP contribution in [0.15, 0.2) is 30.9 Å². The van der Waals surface area contributed by atoms with Crippen molar-refractivity contribution in [3.63, 3.8) is 0 Å². The molecular formula is C16H20N4O. The predicted molar refractivity (Wildman–Crippen MR) is 80.1 cm³/mol. The topological polar surface area (TPSA) is 51.1 Å². The van der Waals surface area contributed by atoms with E-state index in [-0.39, 0.29) is 0 Å². The molecule has 2 aromatic heterocycles. The van der Waals surface area contributed by atoms with E-state index in [0.29, 0.717) is 6.61 Å². The van der Waals surface area contributed by atoms with Crippen LogP contribution in [0.1, 0.15) is 23.7 Å². The summed E-state index contributed by atoms with van der Waals surface area (Å²) in [6, 6.07) is 4.11. The Morgan fingerprint density at radius 1 is 1.24 bits per heavy atom. The van der Waals surface area contributed by atoms with Crippen molar-refractivity contribution in [1.82, 2.24) is 19.9 Å². The van der Waals surface area contributed by atoms with Gasteiger partial charge in [0.2, 0.25) is 5.88 Å². The van der Waals surface area contributed by atoms with Gasteiger partial charge in [0.05, 0.1) is 12.3 Å². The first-order valence-corrected chi connectivity index (χ1v) is 7.43. The minimum atomic E-state index is 0.642. The molecule has 0 aromatic carbocycles. The second-order valence-corrected chi connectivity index (χ2v) is 5.17. The summed E-state index contributed by atoms with van der Waals surface area (Å²) < 4.78 is 5.63. The largest absolute Gasteiger partial charge is 0.478 e. The molecule has 2 aromatic rings. The molecule has 0 aliphatic carbocycles. The van der Waals surface area contributed by atoms with Crippen LogP contribution in [0.5, 0.6) is 5.88 Å². The highest BCUT2D eigenvalue weighted by molar-refractivity contribution is 5.31. The van der Waals surface area contributed by atoms with Crippen LogP contribution in [0.3, 0.4) is 0 Å². The van der Waals surface area contributed by atoms with Crippen LogP contribution in [0.25, 0.3) is 0 Å². The molecule has 0 fully saturated rings. The zero-order chi connectivity index (χ0) is 14.5. The van der Waals surface area contributed by atoms with Gasteiger partial charge in [-0.25, -0.2) is 9.97 Å². The van der Waals surface area contributed by atoms with Crippen molar-refractivity contribution in [3.8, 4) is 5.88 Å². The van der Waals surface area contributed by atoms with Gasteiger partial charge in [0.25, 0.3) is 0 Å². The lowest BCUT2D eigenvalue weighted by Gasteiger charge is -2.19. The molecule has 0 bridgehead atoms. The van der Waals surface area contributed by atoms with Crippen LogP contribution in [0.2, 0.25) is 0 Å². The van der Waals surface area contributed by atoms with E-state index in [1.807, 2.05) is 25.4 Å². The molecule has 21 heavy (non-hydrogen) atoms. The first-order chi connectivity index (χ1) is 10.4. The van der Waals surface area contributed by atoms with E-state index in [1.165, 1.54) is 11.1 Å². The maximum absolute atomic E-state index is 5.63. The number of hydrogen-bond donors (Lipinski definition) is 0. The lowest BCUT2D eigenvalue weighted by Crippen LogP contribution is -2.26. The van der Waals surface area contributed by atoms with E-state index in [9.17, 15) is 0 Å². The van der Waals surface area contributed by atoms with Crippen molar-refractivity contribution in [2.45, 2.75) is 26.3 Å². The van der Waals surface area contributed by atoms with E-state index < -0.39 is 0 Å². The molecule has 5 heteroatoms. The zero-order valence-electron chi connectivity index (χ0n) is 12.3. The highest BCUT2D eigenvalue weighted by atomic mass is 16.5. The molecule has 0 atom stereocenters. The predicted octanol–water partition coefficient (Wildman–Crippen LogP) is 1.87. The minimum Gasteiger partial charge on any atom is -0.478 e. The lowest BCUT2D eigenvalue weighted by atomic mass is 10.1. The fourth-order valence-corrected chi connectivity index (χ4v) is 2.71. The molecular weight excluding hydrogens is 264 g/mol. The summed E-state index contributed by atoms with van der Waals surface area (Å²) in [5.41, 5.74) is 3.55. The smallest absolute Gasteiger partial charge is 0.219 e. The van der Waals surface area contributed by atoms with Gasteiger partial charge in [0, 0.05) is 44.0 Å². The van der Waals surface area contributed by atoms with Gasteiger partial charge in [-0.15, -0.1) is 0 Å². The number of pyridine rings is 1. The van der Waals surface area contributed by atoms with Gasteiger partial charge in [0.15, 0.2) is 0 Å². The van der Waals surface area contributed by atoms with Gasteiger partial charge in [-0.1, -0.05) is 6.07 Å². The van der Waals surface area contributed by atoms with Crippen molar-refractivity contribution in [3.05, 3.63) is 47.7 Å². The summed E-state index contributed by atoms with van der Waals surface area (Å²) in [4.78, 5) is 15.3. The van der Waals surface area contributed by atoms with Gasteiger partial charge >= 0.3 is 0 Å². The van der Waals surface area contributed by atoms with E-state index in [0.717, 1.165) is 44.0 Å². The fraction of sp³-hybridized carbons (Fsp3) is 0.438. The molecule has 3 heterocycles. The summed E-state index contributed by atoms with van der Waals surface area (Å²) in [7, 11) is 0. The molecule has 0 saturated heterocycles. The van der Waals surface area contributed by atoms with E-state index in [1.54, 1.807) is 6.33 Å². The SMILES string of the molecule is CCOc1ncnc2c1CCN(Cc1cccnc1)CC2. The molecule has 110 valence electrons. The number of aromatic nitrogens is 3. The molecule has 0 saturated carbocycles. The third-order valence-electron chi connectivity index (χ3n) is 3.75. The van der Waals surface area contributed by atoms with Gasteiger partial charge < -0.3 is 4.74 Å². The summed E-state index contributed by atoms with van der Waals surface area (Å²) in [6.07, 6.45) is 7.24. The molecule has 0 radical (unpaired) electrons. The van der Waals surface area contributed by atoms with Crippen molar-refractivity contribution in [2.24, 2.45) is 0 Å². The standard InChI is InChI=1S/C16H20N4O/c1-2-21-16-14-5-8-20(9-6-15(14)18-12-19-16)11-13-4-3-7-17-10-13/h3-4,7,10,12H,2,5-6,8-9,11H2,1H3. The Hall–Kier alpha value is -2.01. The van der Waals surface area contributed by atoms with Crippen LogP contribution in [0.4, 0.5) is 0 Å². The summed E-state index contributed by atoms with van der Waals surface area (Å²) in [5, 5.41) is 0. The molecule has 0 unspecified atom stereocenters. The monoisotopic (exact) mass is 284 g/mol. The van der Waals surface area contributed by atoms with Crippen LogP contribution < -0.4 is 4.74 Å².